The second kappa shape index (κ2) is 7.68. The SMILES string of the molecule is CC(=O)N1CCCC[C@H]2[C@H]1C[C@@H](c1ccccc1)N2Cc1ccc2[nH]ccc2c1. The molecule has 0 saturated carbocycles. The van der Waals surface area contributed by atoms with Gasteiger partial charge < -0.3 is 9.88 Å². The van der Waals surface area contributed by atoms with E-state index in [1.165, 1.54) is 34.9 Å². The molecule has 150 valence electrons. The Morgan fingerprint density at radius 2 is 1.93 bits per heavy atom. The van der Waals surface area contributed by atoms with Crippen LogP contribution in [-0.2, 0) is 11.3 Å². The van der Waals surface area contributed by atoms with Crippen molar-refractivity contribution in [3.63, 3.8) is 0 Å². The molecule has 0 spiro atoms. The van der Waals surface area contributed by atoms with Crippen molar-refractivity contribution in [2.45, 2.75) is 57.3 Å². The van der Waals surface area contributed by atoms with E-state index in [0.29, 0.717) is 18.1 Å². The van der Waals surface area contributed by atoms with E-state index in [1.807, 2.05) is 6.20 Å². The molecule has 0 aliphatic carbocycles. The number of hydrogen-bond acceptors (Lipinski definition) is 2. The van der Waals surface area contributed by atoms with Crippen LogP contribution < -0.4 is 0 Å². The molecule has 2 saturated heterocycles. The van der Waals surface area contributed by atoms with Crippen LogP contribution in [0, 0.1) is 0 Å². The van der Waals surface area contributed by atoms with Gasteiger partial charge in [0.15, 0.2) is 0 Å². The Balaban J connectivity index is 1.51. The van der Waals surface area contributed by atoms with Crippen LogP contribution in [0.1, 0.15) is 49.8 Å². The van der Waals surface area contributed by atoms with Gasteiger partial charge in [0.05, 0.1) is 0 Å². The topological polar surface area (TPSA) is 39.3 Å². The molecule has 2 aromatic carbocycles. The molecule has 1 amide bonds. The van der Waals surface area contributed by atoms with Crippen LogP contribution in [0.5, 0.6) is 0 Å². The van der Waals surface area contributed by atoms with Gasteiger partial charge >= 0.3 is 0 Å². The summed E-state index contributed by atoms with van der Waals surface area (Å²) in [4.78, 5) is 20.5. The highest BCUT2D eigenvalue weighted by Crippen LogP contribution is 2.43. The first-order valence-electron chi connectivity index (χ1n) is 10.8. The number of carbonyl (C=O) groups is 1. The number of amides is 1. The second-order valence-corrected chi connectivity index (χ2v) is 8.58. The molecular formula is C25H29N3O. The Morgan fingerprint density at radius 3 is 2.76 bits per heavy atom. The molecule has 3 atom stereocenters. The number of benzene rings is 2. The third kappa shape index (κ3) is 3.46. The predicted octanol–water partition coefficient (Wildman–Crippen LogP) is 4.88. The van der Waals surface area contributed by atoms with E-state index in [4.69, 9.17) is 0 Å². The van der Waals surface area contributed by atoms with Crippen molar-refractivity contribution < 1.29 is 4.79 Å². The lowest BCUT2D eigenvalue weighted by molar-refractivity contribution is -0.131. The van der Waals surface area contributed by atoms with E-state index in [0.717, 1.165) is 25.9 Å². The summed E-state index contributed by atoms with van der Waals surface area (Å²) in [5, 5.41) is 1.26. The summed E-state index contributed by atoms with van der Waals surface area (Å²) in [6.07, 6.45) is 6.51. The lowest BCUT2D eigenvalue weighted by atomic mass is 10.0. The van der Waals surface area contributed by atoms with Gasteiger partial charge in [-0.1, -0.05) is 42.8 Å². The molecule has 2 aliphatic heterocycles. The molecule has 4 heteroatoms. The third-order valence-corrected chi connectivity index (χ3v) is 6.86. The van der Waals surface area contributed by atoms with Crippen LogP contribution in [0.3, 0.4) is 0 Å². The summed E-state index contributed by atoms with van der Waals surface area (Å²) in [6.45, 7) is 3.57. The van der Waals surface area contributed by atoms with Gasteiger partial charge in [-0.3, -0.25) is 9.69 Å². The van der Waals surface area contributed by atoms with Gasteiger partial charge in [0.2, 0.25) is 5.91 Å². The number of carbonyl (C=O) groups excluding carboxylic acids is 1. The normalized spacial score (nSPS) is 25.1. The molecule has 4 nitrogen and oxygen atoms in total. The van der Waals surface area contributed by atoms with E-state index in [1.54, 1.807) is 6.92 Å². The van der Waals surface area contributed by atoms with E-state index in [9.17, 15) is 4.79 Å². The maximum Gasteiger partial charge on any atom is 0.219 e. The van der Waals surface area contributed by atoms with Crippen molar-refractivity contribution in [3.8, 4) is 0 Å². The van der Waals surface area contributed by atoms with E-state index < -0.39 is 0 Å². The number of nitrogens with one attached hydrogen (secondary N) is 1. The van der Waals surface area contributed by atoms with Gasteiger partial charge in [-0.25, -0.2) is 0 Å². The number of hydrogen-bond donors (Lipinski definition) is 1. The summed E-state index contributed by atoms with van der Waals surface area (Å²) in [5.41, 5.74) is 3.90. The highest BCUT2D eigenvalue weighted by atomic mass is 16.2. The highest BCUT2D eigenvalue weighted by Gasteiger charge is 2.45. The van der Waals surface area contributed by atoms with Crippen molar-refractivity contribution in [3.05, 3.63) is 71.9 Å². The van der Waals surface area contributed by atoms with Crippen LogP contribution in [0.4, 0.5) is 0 Å². The molecule has 1 aromatic heterocycles. The Bertz CT molecular complexity index is 995. The van der Waals surface area contributed by atoms with Crippen LogP contribution in [-0.4, -0.2) is 39.3 Å². The average Bonchev–Trinajstić information content (AvgIpc) is 3.27. The van der Waals surface area contributed by atoms with Crippen molar-refractivity contribution >= 4 is 16.8 Å². The fourth-order valence-electron chi connectivity index (χ4n) is 5.50. The molecule has 29 heavy (non-hydrogen) atoms. The molecular weight excluding hydrogens is 358 g/mol. The van der Waals surface area contributed by atoms with Gasteiger partial charge in [-0.15, -0.1) is 0 Å². The monoisotopic (exact) mass is 387 g/mol. The zero-order valence-corrected chi connectivity index (χ0v) is 17.1. The van der Waals surface area contributed by atoms with E-state index in [2.05, 4.69) is 69.4 Å². The van der Waals surface area contributed by atoms with Gasteiger partial charge in [0.25, 0.3) is 0 Å². The molecule has 3 heterocycles. The summed E-state index contributed by atoms with van der Waals surface area (Å²) in [5.74, 6) is 0.226. The third-order valence-electron chi connectivity index (χ3n) is 6.86. The van der Waals surface area contributed by atoms with Crippen LogP contribution in [0.15, 0.2) is 60.8 Å². The van der Waals surface area contributed by atoms with Crippen molar-refractivity contribution in [2.75, 3.05) is 6.54 Å². The Hall–Kier alpha value is -2.59. The van der Waals surface area contributed by atoms with Crippen molar-refractivity contribution in [1.29, 1.82) is 0 Å². The summed E-state index contributed by atoms with van der Waals surface area (Å²) < 4.78 is 0. The van der Waals surface area contributed by atoms with Crippen LogP contribution >= 0.6 is 0 Å². The lowest BCUT2D eigenvalue weighted by Gasteiger charge is -2.33. The quantitative estimate of drug-likeness (QED) is 0.695. The summed E-state index contributed by atoms with van der Waals surface area (Å²) in [7, 11) is 0. The molecule has 0 radical (unpaired) electrons. The van der Waals surface area contributed by atoms with Crippen molar-refractivity contribution in [2.24, 2.45) is 0 Å². The minimum atomic E-state index is 0.226. The number of nitrogens with zero attached hydrogens (tertiary/aromatic N) is 2. The smallest absolute Gasteiger partial charge is 0.219 e. The summed E-state index contributed by atoms with van der Waals surface area (Å²) in [6, 6.07) is 20.8. The van der Waals surface area contributed by atoms with Gasteiger partial charge in [-0.2, -0.15) is 0 Å². The number of H-pyrrole nitrogens is 1. The number of fused-ring (bicyclic) bond motifs is 2. The molecule has 5 rings (SSSR count). The fraction of sp³-hybridized carbons (Fsp3) is 0.400. The molecule has 0 bridgehead atoms. The summed E-state index contributed by atoms with van der Waals surface area (Å²) >= 11 is 0. The van der Waals surface area contributed by atoms with E-state index in [-0.39, 0.29) is 5.91 Å². The molecule has 1 N–H and O–H groups in total. The number of aromatic amines is 1. The highest BCUT2D eigenvalue weighted by molar-refractivity contribution is 5.79. The maximum absolute atomic E-state index is 12.4. The Morgan fingerprint density at radius 1 is 1.07 bits per heavy atom. The standard InChI is InChI=1S/C25H29N3O/c1-18(29)27-14-6-5-9-23-25(27)16-24(20-7-3-2-4-8-20)28(23)17-19-10-11-22-21(15-19)12-13-26-22/h2-4,7-8,10-13,15,23-26H,5-6,9,14,16-17H2,1H3/t23-,24-,25+/m0/s1. The first-order valence-corrected chi connectivity index (χ1v) is 10.8. The lowest BCUT2D eigenvalue weighted by Crippen LogP contribution is -2.45. The largest absolute Gasteiger partial charge is 0.361 e. The minimum absolute atomic E-state index is 0.226. The molecule has 2 fully saturated rings. The Kier molecular flexibility index (Phi) is 4.88. The minimum Gasteiger partial charge on any atom is -0.361 e. The molecule has 3 aromatic rings. The van der Waals surface area contributed by atoms with Crippen LogP contribution in [0.2, 0.25) is 0 Å². The predicted molar refractivity (Wildman–Crippen MR) is 116 cm³/mol. The number of likely N-dealkylation sites (tertiary alicyclic amines) is 2. The zero-order chi connectivity index (χ0) is 19.8. The Labute approximate surface area is 172 Å². The maximum atomic E-state index is 12.4. The number of aromatic nitrogens is 1. The van der Waals surface area contributed by atoms with Gasteiger partial charge in [0, 0.05) is 49.9 Å². The first-order chi connectivity index (χ1) is 14.2. The molecule has 0 unspecified atom stereocenters. The second-order valence-electron chi connectivity index (χ2n) is 8.58. The van der Waals surface area contributed by atoms with E-state index >= 15 is 0 Å². The average molecular weight is 388 g/mol. The zero-order valence-electron chi connectivity index (χ0n) is 17.1. The first kappa shape index (κ1) is 18.4. The van der Waals surface area contributed by atoms with Crippen molar-refractivity contribution in [1.82, 2.24) is 14.8 Å². The van der Waals surface area contributed by atoms with Gasteiger partial charge in [-0.05, 0) is 54.0 Å². The molecule has 2 aliphatic rings. The van der Waals surface area contributed by atoms with Crippen LogP contribution in [0.25, 0.3) is 10.9 Å². The van der Waals surface area contributed by atoms with Gasteiger partial charge in [0.1, 0.15) is 0 Å². The number of rotatable bonds is 3. The fourth-order valence-corrected chi connectivity index (χ4v) is 5.50.